The molecule has 1 atom stereocenters. The molecule has 9 heteroatoms. The molecule has 154 valence electrons. The molecule has 1 aliphatic heterocycles. The lowest BCUT2D eigenvalue weighted by Gasteiger charge is -2.25. The van der Waals surface area contributed by atoms with E-state index in [1.165, 1.54) is 0 Å². The third-order valence-electron chi connectivity index (χ3n) is 5.35. The lowest BCUT2D eigenvalue weighted by atomic mass is 10.2. The number of methoxy groups -OCH3 is 1. The molecule has 0 amide bonds. The quantitative estimate of drug-likeness (QED) is 0.742. The predicted octanol–water partition coefficient (Wildman–Crippen LogP) is 0.593. The van der Waals surface area contributed by atoms with Gasteiger partial charge in [-0.05, 0) is 20.4 Å². The highest BCUT2D eigenvalue weighted by Gasteiger charge is 2.28. The largest absolute Gasteiger partial charge is 0.481 e. The Morgan fingerprint density at radius 2 is 2.11 bits per heavy atom. The highest BCUT2D eigenvalue weighted by molar-refractivity contribution is 5.31. The van der Waals surface area contributed by atoms with Gasteiger partial charge < -0.3 is 9.64 Å². The Kier molecular flexibility index (Phi) is 6.04. The molecule has 3 heterocycles. The summed E-state index contributed by atoms with van der Waals surface area (Å²) in [7, 11) is 9.44. The van der Waals surface area contributed by atoms with E-state index in [4.69, 9.17) is 4.74 Å². The van der Waals surface area contributed by atoms with Gasteiger partial charge in [0.25, 0.3) is 5.56 Å². The zero-order valence-electron chi connectivity index (χ0n) is 17.7. The van der Waals surface area contributed by atoms with Gasteiger partial charge in [0.05, 0.1) is 24.1 Å². The molecular weight excluding hydrogens is 358 g/mol. The van der Waals surface area contributed by atoms with Crippen molar-refractivity contribution in [3.05, 3.63) is 33.4 Å². The summed E-state index contributed by atoms with van der Waals surface area (Å²) < 4.78 is 7.32. The van der Waals surface area contributed by atoms with Gasteiger partial charge in [-0.1, -0.05) is 0 Å². The Balaban J connectivity index is 1.63. The number of aromatic amines is 1. The maximum atomic E-state index is 11.9. The van der Waals surface area contributed by atoms with Crippen molar-refractivity contribution in [2.75, 3.05) is 46.2 Å². The van der Waals surface area contributed by atoms with E-state index in [2.05, 4.69) is 31.9 Å². The Morgan fingerprint density at radius 3 is 2.79 bits per heavy atom. The van der Waals surface area contributed by atoms with Crippen molar-refractivity contribution < 1.29 is 4.74 Å². The minimum absolute atomic E-state index is 0.116. The molecule has 0 saturated carbocycles. The lowest BCUT2D eigenvalue weighted by molar-refractivity contribution is 0.219. The van der Waals surface area contributed by atoms with Crippen LogP contribution in [0, 0.1) is 6.92 Å². The van der Waals surface area contributed by atoms with Crippen molar-refractivity contribution in [1.29, 1.82) is 0 Å². The van der Waals surface area contributed by atoms with E-state index in [-0.39, 0.29) is 5.56 Å². The van der Waals surface area contributed by atoms with Crippen molar-refractivity contribution in [1.82, 2.24) is 29.5 Å². The number of aromatic nitrogens is 4. The van der Waals surface area contributed by atoms with Crippen LogP contribution < -0.4 is 15.2 Å². The average molecular weight is 390 g/mol. The van der Waals surface area contributed by atoms with E-state index < -0.39 is 0 Å². The van der Waals surface area contributed by atoms with Crippen molar-refractivity contribution in [3.63, 3.8) is 0 Å². The highest BCUT2D eigenvalue weighted by Crippen LogP contribution is 2.25. The second kappa shape index (κ2) is 8.32. The van der Waals surface area contributed by atoms with Gasteiger partial charge in [-0.15, -0.1) is 0 Å². The summed E-state index contributed by atoms with van der Waals surface area (Å²) in [6.07, 6.45) is 1.09. The molecule has 1 N–H and O–H groups in total. The molecule has 1 fully saturated rings. The first kappa shape index (κ1) is 20.3. The lowest BCUT2D eigenvalue weighted by Crippen LogP contribution is -2.34. The van der Waals surface area contributed by atoms with Crippen LogP contribution >= 0.6 is 0 Å². The monoisotopic (exact) mass is 389 g/mol. The minimum Gasteiger partial charge on any atom is -0.481 e. The third kappa shape index (κ3) is 4.36. The van der Waals surface area contributed by atoms with E-state index in [1.54, 1.807) is 17.9 Å². The summed E-state index contributed by atoms with van der Waals surface area (Å²) in [5.41, 5.74) is 2.84. The molecule has 1 saturated heterocycles. The summed E-state index contributed by atoms with van der Waals surface area (Å²) in [5.74, 6) is 1.42. The van der Waals surface area contributed by atoms with E-state index in [0.29, 0.717) is 18.5 Å². The standard InChI is InChI=1S/C19H31N7O2/c1-13-16(18(28-6)25(5)22-13)12-26-8-7-15(11-26)24(4)10-14-9-17(27)21-19(20-14)23(2)3/h9,15H,7-8,10-12H2,1-6H3,(H,20,21,27)/t15-/m1/s1. The smallest absolute Gasteiger partial charge is 0.252 e. The highest BCUT2D eigenvalue weighted by atomic mass is 16.5. The van der Waals surface area contributed by atoms with Gasteiger partial charge >= 0.3 is 0 Å². The first-order valence-electron chi connectivity index (χ1n) is 9.55. The number of aryl methyl sites for hydroxylation is 2. The SMILES string of the molecule is COc1c(CN2CC[C@@H](N(C)Cc3cc(=O)[nH]c(N(C)C)n3)C2)c(C)nn1C. The average Bonchev–Trinajstić information content (AvgIpc) is 3.19. The number of H-pyrrole nitrogens is 1. The maximum absolute atomic E-state index is 11.9. The molecule has 0 bridgehead atoms. The number of ether oxygens (including phenoxy) is 1. The van der Waals surface area contributed by atoms with Gasteiger partial charge in [0.2, 0.25) is 11.8 Å². The Hall–Kier alpha value is -2.39. The maximum Gasteiger partial charge on any atom is 0.252 e. The summed E-state index contributed by atoms with van der Waals surface area (Å²) in [6.45, 7) is 5.51. The molecule has 2 aromatic rings. The van der Waals surface area contributed by atoms with Crippen LogP contribution in [-0.2, 0) is 20.1 Å². The fraction of sp³-hybridized carbons (Fsp3) is 0.632. The van der Waals surface area contributed by atoms with Crippen molar-refractivity contribution in [3.8, 4) is 5.88 Å². The number of hydrogen-bond donors (Lipinski definition) is 1. The molecule has 28 heavy (non-hydrogen) atoms. The normalized spacial score (nSPS) is 17.5. The second-order valence-electron chi connectivity index (χ2n) is 7.74. The number of hydrogen-bond acceptors (Lipinski definition) is 7. The van der Waals surface area contributed by atoms with E-state index in [0.717, 1.165) is 48.9 Å². The van der Waals surface area contributed by atoms with Crippen molar-refractivity contribution in [2.45, 2.75) is 32.5 Å². The van der Waals surface area contributed by atoms with Crippen LogP contribution in [0.25, 0.3) is 0 Å². The van der Waals surface area contributed by atoms with Crippen LogP contribution in [0.2, 0.25) is 0 Å². The number of nitrogens with one attached hydrogen (secondary N) is 1. The van der Waals surface area contributed by atoms with Crippen LogP contribution in [-0.4, -0.2) is 76.9 Å². The van der Waals surface area contributed by atoms with Gasteiger partial charge in [-0.2, -0.15) is 5.10 Å². The van der Waals surface area contributed by atoms with E-state index in [1.807, 2.05) is 33.0 Å². The fourth-order valence-electron chi connectivity index (χ4n) is 3.83. The van der Waals surface area contributed by atoms with E-state index in [9.17, 15) is 4.79 Å². The molecule has 2 aromatic heterocycles. The van der Waals surface area contributed by atoms with Gasteiger partial charge in [-0.3, -0.25) is 19.6 Å². The minimum atomic E-state index is -0.116. The molecule has 0 unspecified atom stereocenters. The second-order valence-corrected chi connectivity index (χ2v) is 7.74. The number of anilines is 1. The van der Waals surface area contributed by atoms with E-state index >= 15 is 0 Å². The molecule has 3 rings (SSSR count). The number of nitrogens with zero attached hydrogens (tertiary/aromatic N) is 6. The molecule has 0 spiro atoms. The Bertz CT molecular complexity index is 874. The molecule has 1 aliphatic rings. The third-order valence-corrected chi connectivity index (χ3v) is 5.35. The molecule has 9 nitrogen and oxygen atoms in total. The topological polar surface area (TPSA) is 82.5 Å². The van der Waals surface area contributed by atoms with Crippen LogP contribution in [0.15, 0.2) is 10.9 Å². The summed E-state index contributed by atoms with van der Waals surface area (Å²) in [6, 6.07) is 2.01. The van der Waals surface area contributed by atoms with Crippen LogP contribution in [0.5, 0.6) is 5.88 Å². The summed E-state index contributed by atoms with van der Waals surface area (Å²) >= 11 is 0. The zero-order chi connectivity index (χ0) is 20.4. The van der Waals surface area contributed by atoms with Crippen molar-refractivity contribution >= 4 is 5.95 Å². The first-order valence-corrected chi connectivity index (χ1v) is 9.55. The van der Waals surface area contributed by atoms with Gasteiger partial charge in [-0.25, -0.2) is 9.67 Å². The predicted molar refractivity (Wildman–Crippen MR) is 109 cm³/mol. The van der Waals surface area contributed by atoms with Crippen LogP contribution in [0.1, 0.15) is 23.4 Å². The molecule has 0 radical (unpaired) electrons. The Morgan fingerprint density at radius 1 is 1.36 bits per heavy atom. The van der Waals surface area contributed by atoms with Crippen LogP contribution in [0.4, 0.5) is 5.95 Å². The van der Waals surface area contributed by atoms with Crippen LogP contribution in [0.3, 0.4) is 0 Å². The molecular formula is C19H31N7O2. The van der Waals surface area contributed by atoms with Gasteiger partial charge in [0.1, 0.15) is 0 Å². The number of likely N-dealkylation sites (N-methyl/N-ethyl adjacent to an activating group) is 1. The van der Waals surface area contributed by atoms with Gasteiger partial charge in [0.15, 0.2) is 0 Å². The van der Waals surface area contributed by atoms with Crippen molar-refractivity contribution in [2.24, 2.45) is 7.05 Å². The zero-order valence-corrected chi connectivity index (χ0v) is 17.7. The molecule has 0 aliphatic carbocycles. The summed E-state index contributed by atoms with van der Waals surface area (Å²) in [5, 5.41) is 4.47. The Labute approximate surface area is 165 Å². The number of rotatable bonds is 7. The molecule has 0 aromatic carbocycles. The fourth-order valence-corrected chi connectivity index (χ4v) is 3.83. The summed E-state index contributed by atoms with van der Waals surface area (Å²) in [4.78, 5) is 25.7. The number of likely N-dealkylation sites (tertiary alicyclic amines) is 1. The van der Waals surface area contributed by atoms with Gasteiger partial charge in [0, 0.05) is 59.4 Å². The first-order chi connectivity index (χ1) is 13.3.